The van der Waals surface area contributed by atoms with Crippen LogP contribution in [0.4, 0.5) is 24.1 Å². The molecule has 15 nitrogen and oxygen atoms in total. The van der Waals surface area contributed by atoms with E-state index in [9.17, 15) is 19.2 Å². The molecular weight excluding hydrogens is 777 g/mol. The molecule has 2 aliphatic rings. The molecule has 322 valence electrons. The van der Waals surface area contributed by atoms with E-state index in [4.69, 9.17) is 9.72 Å². The number of hydrogen-bond acceptors (Lipinski definition) is 9. The van der Waals surface area contributed by atoms with Gasteiger partial charge in [-0.15, -0.1) is 0 Å². The summed E-state index contributed by atoms with van der Waals surface area (Å²) in [5.41, 5.74) is 2.34. The van der Waals surface area contributed by atoms with Crippen molar-refractivity contribution in [1.29, 1.82) is 0 Å². The second-order valence-corrected chi connectivity index (χ2v) is 15.6. The molecule has 0 bridgehead atoms. The van der Waals surface area contributed by atoms with Crippen molar-refractivity contribution in [3.63, 3.8) is 0 Å². The SMILES string of the molecule is COC(=O)NC(C(=O)NCCCCc1ncc(-c2cc(F)c(N3CCC(c4cnc(C5CCCCN5C(=O)C(NC(=O)OC)C(C)C)[nH]4)CC3)c(F)c2)[nH]1)c1ccccc1. The summed E-state index contributed by atoms with van der Waals surface area (Å²) in [7, 11) is 2.51. The Bertz CT molecular complexity index is 2060. The number of methoxy groups -OCH3 is 2. The highest BCUT2D eigenvalue weighted by molar-refractivity contribution is 5.87. The number of aromatic nitrogens is 4. The summed E-state index contributed by atoms with van der Waals surface area (Å²) < 4.78 is 40.8. The zero-order valence-electron chi connectivity index (χ0n) is 34.6. The Morgan fingerprint density at radius 3 is 2.25 bits per heavy atom. The van der Waals surface area contributed by atoms with Gasteiger partial charge in [0.05, 0.1) is 32.2 Å². The fraction of sp³-hybridized carbons (Fsp3) is 0.488. The van der Waals surface area contributed by atoms with Crippen LogP contribution in [0.15, 0.2) is 54.9 Å². The summed E-state index contributed by atoms with van der Waals surface area (Å²) in [6.07, 6.45) is 7.71. The van der Waals surface area contributed by atoms with Crippen molar-refractivity contribution in [2.75, 3.05) is 45.3 Å². The van der Waals surface area contributed by atoms with Crippen molar-refractivity contribution in [2.45, 2.75) is 89.3 Å². The van der Waals surface area contributed by atoms with E-state index in [-0.39, 0.29) is 35.4 Å². The number of aryl methyl sites for hydroxylation is 1. The Kier molecular flexibility index (Phi) is 14.8. The van der Waals surface area contributed by atoms with Gasteiger partial charge in [0.15, 0.2) is 0 Å². The molecule has 5 N–H and O–H groups in total. The van der Waals surface area contributed by atoms with Gasteiger partial charge in [0.25, 0.3) is 0 Å². The second-order valence-electron chi connectivity index (χ2n) is 15.6. The van der Waals surface area contributed by atoms with E-state index in [2.05, 4.69) is 35.6 Å². The quantitative estimate of drug-likeness (QED) is 0.0842. The number of unbranched alkanes of at least 4 members (excludes halogenated alkanes) is 1. The Hall–Kier alpha value is -6.00. The van der Waals surface area contributed by atoms with Crippen molar-refractivity contribution in [3.8, 4) is 11.3 Å². The summed E-state index contributed by atoms with van der Waals surface area (Å²) in [6.45, 7) is 5.58. The van der Waals surface area contributed by atoms with Crippen LogP contribution in [0.2, 0.25) is 0 Å². The number of aromatic amines is 2. The minimum atomic E-state index is -0.899. The molecule has 6 rings (SSSR count). The molecule has 0 spiro atoms. The number of nitrogens with zero attached hydrogens (tertiary/aromatic N) is 4. The molecule has 2 aromatic heterocycles. The Morgan fingerprint density at radius 1 is 0.867 bits per heavy atom. The number of imidazole rings is 2. The second kappa shape index (κ2) is 20.3. The molecule has 2 fully saturated rings. The van der Waals surface area contributed by atoms with E-state index < -0.39 is 35.9 Å². The summed E-state index contributed by atoms with van der Waals surface area (Å²) in [4.78, 5) is 69.7. The standard InChI is InChI=1S/C43H55F2N9O6/c1-26(2)36(51-42(57)59-3)41(56)54-19-11-9-14-34(54)39-48-25-32(50-39)27-16-20-53(21-17-27)38-30(44)22-29(23-31(38)45)33-24-47-35(49-33)15-8-10-18-46-40(55)37(52-43(58)60-4)28-12-6-5-7-13-28/h5-7,12-13,22-27,34,36-37H,8-11,14-21H2,1-4H3,(H,46,55)(H,47,49)(H,48,50)(H,51,57)(H,52,58). The summed E-state index contributed by atoms with van der Waals surface area (Å²) in [6, 6.07) is 9.64. The molecular formula is C43H55F2N9O6. The van der Waals surface area contributed by atoms with Crippen LogP contribution in [-0.4, -0.2) is 95.3 Å². The number of carbonyl (C=O) groups is 4. The van der Waals surface area contributed by atoms with Crippen LogP contribution < -0.4 is 20.9 Å². The maximum atomic E-state index is 15.7. The zero-order chi connectivity index (χ0) is 42.8. The monoisotopic (exact) mass is 831 g/mol. The topological polar surface area (TPSA) is 187 Å². The van der Waals surface area contributed by atoms with Crippen LogP contribution in [0.3, 0.4) is 0 Å². The van der Waals surface area contributed by atoms with Gasteiger partial charge in [0, 0.05) is 56.0 Å². The normalized spacial score (nSPS) is 16.9. The van der Waals surface area contributed by atoms with Crippen LogP contribution in [0.5, 0.6) is 0 Å². The van der Waals surface area contributed by atoms with Crippen LogP contribution in [0, 0.1) is 17.6 Å². The highest BCUT2D eigenvalue weighted by Crippen LogP contribution is 2.36. The predicted octanol–water partition coefficient (Wildman–Crippen LogP) is 6.43. The van der Waals surface area contributed by atoms with Gasteiger partial charge in [0.1, 0.15) is 41.1 Å². The van der Waals surface area contributed by atoms with Crippen LogP contribution in [-0.2, 0) is 25.5 Å². The van der Waals surface area contributed by atoms with Crippen molar-refractivity contribution >= 4 is 29.7 Å². The highest BCUT2D eigenvalue weighted by Gasteiger charge is 2.37. The minimum Gasteiger partial charge on any atom is -0.453 e. The third-order valence-electron chi connectivity index (χ3n) is 11.3. The molecule has 3 unspecified atom stereocenters. The lowest BCUT2D eigenvalue weighted by Gasteiger charge is -2.37. The number of hydrogen-bond donors (Lipinski definition) is 5. The molecule has 2 aliphatic heterocycles. The fourth-order valence-electron chi connectivity index (χ4n) is 8.01. The average molecular weight is 832 g/mol. The fourth-order valence-corrected chi connectivity index (χ4v) is 8.01. The molecule has 0 aliphatic carbocycles. The molecule has 60 heavy (non-hydrogen) atoms. The first-order chi connectivity index (χ1) is 29.0. The van der Waals surface area contributed by atoms with E-state index in [0.29, 0.717) is 86.8 Å². The van der Waals surface area contributed by atoms with Crippen molar-refractivity contribution in [1.82, 2.24) is 40.8 Å². The van der Waals surface area contributed by atoms with E-state index in [0.717, 1.165) is 25.0 Å². The van der Waals surface area contributed by atoms with Crippen molar-refractivity contribution < 1.29 is 37.4 Å². The number of nitrogens with one attached hydrogen (secondary N) is 5. The number of amides is 4. The van der Waals surface area contributed by atoms with E-state index in [1.165, 1.54) is 26.4 Å². The lowest BCUT2D eigenvalue weighted by atomic mass is 9.93. The molecule has 4 aromatic rings. The van der Waals surface area contributed by atoms with Gasteiger partial charge in [-0.1, -0.05) is 44.2 Å². The number of likely N-dealkylation sites (tertiary alicyclic amines) is 1. The number of rotatable bonds is 15. The summed E-state index contributed by atoms with van der Waals surface area (Å²) in [5, 5.41) is 8.11. The van der Waals surface area contributed by atoms with Gasteiger partial charge >= 0.3 is 12.2 Å². The molecule has 4 heterocycles. The average Bonchev–Trinajstić information content (AvgIpc) is 3.95. The Morgan fingerprint density at radius 2 is 1.57 bits per heavy atom. The zero-order valence-corrected chi connectivity index (χ0v) is 34.6. The van der Waals surface area contributed by atoms with Gasteiger partial charge in [-0.25, -0.2) is 28.3 Å². The number of piperidine rings is 2. The maximum absolute atomic E-state index is 15.7. The first kappa shape index (κ1) is 43.6. The van der Waals surface area contributed by atoms with Crippen molar-refractivity contribution in [3.05, 3.63) is 89.4 Å². The lowest BCUT2D eigenvalue weighted by molar-refractivity contribution is -0.138. The van der Waals surface area contributed by atoms with E-state index in [1.54, 1.807) is 46.5 Å². The van der Waals surface area contributed by atoms with Gasteiger partial charge in [0.2, 0.25) is 11.8 Å². The number of halogens is 2. The number of H-pyrrole nitrogens is 2. The molecule has 2 saturated heterocycles. The molecule has 3 atom stereocenters. The molecule has 4 amide bonds. The summed E-state index contributed by atoms with van der Waals surface area (Å²) >= 11 is 0. The lowest BCUT2D eigenvalue weighted by Crippen LogP contribution is -2.53. The van der Waals surface area contributed by atoms with Gasteiger partial charge in [-0.2, -0.15) is 0 Å². The number of benzene rings is 2. The first-order valence-corrected chi connectivity index (χ1v) is 20.6. The first-order valence-electron chi connectivity index (χ1n) is 20.6. The Labute approximate surface area is 348 Å². The highest BCUT2D eigenvalue weighted by atomic mass is 19.1. The predicted molar refractivity (Wildman–Crippen MR) is 220 cm³/mol. The molecule has 17 heteroatoms. The molecule has 2 aromatic carbocycles. The maximum Gasteiger partial charge on any atom is 0.407 e. The van der Waals surface area contributed by atoms with Crippen LogP contribution in [0.25, 0.3) is 11.3 Å². The van der Waals surface area contributed by atoms with Gasteiger partial charge < -0.3 is 45.2 Å². The third-order valence-corrected chi connectivity index (χ3v) is 11.3. The molecule has 0 saturated carbocycles. The number of carbonyl (C=O) groups excluding carboxylic acids is 4. The van der Waals surface area contributed by atoms with Gasteiger partial charge in [-0.3, -0.25) is 9.59 Å². The Balaban J connectivity index is 0.999. The minimum absolute atomic E-state index is 0.0581. The largest absolute Gasteiger partial charge is 0.453 e. The third kappa shape index (κ3) is 10.6. The number of anilines is 1. The van der Waals surface area contributed by atoms with Gasteiger partial charge in [-0.05, 0) is 68.6 Å². The number of alkyl carbamates (subject to hydrolysis) is 2. The van der Waals surface area contributed by atoms with E-state index >= 15 is 8.78 Å². The smallest absolute Gasteiger partial charge is 0.407 e. The van der Waals surface area contributed by atoms with Crippen LogP contribution >= 0.6 is 0 Å². The molecule has 0 radical (unpaired) electrons. The van der Waals surface area contributed by atoms with Crippen molar-refractivity contribution in [2.24, 2.45) is 5.92 Å². The van der Waals surface area contributed by atoms with Crippen LogP contribution in [0.1, 0.15) is 99.7 Å². The summed E-state index contributed by atoms with van der Waals surface area (Å²) in [5.74, 6) is -0.535. The number of ether oxygens (including phenoxy) is 2. The van der Waals surface area contributed by atoms with E-state index in [1.807, 2.05) is 19.9 Å².